The Morgan fingerprint density at radius 3 is 2.42 bits per heavy atom. The Bertz CT molecular complexity index is 1520. The lowest BCUT2D eigenvalue weighted by molar-refractivity contribution is -0.120. The van der Waals surface area contributed by atoms with Crippen LogP contribution in [0.15, 0.2) is 83.5 Å². The maximum atomic E-state index is 13.2. The van der Waals surface area contributed by atoms with Gasteiger partial charge in [-0.3, -0.25) is 14.4 Å². The van der Waals surface area contributed by atoms with Gasteiger partial charge in [0.25, 0.3) is 17.7 Å². The summed E-state index contributed by atoms with van der Waals surface area (Å²) in [5.74, 6) is -1.97. The van der Waals surface area contributed by atoms with Gasteiger partial charge in [0.1, 0.15) is 10.7 Å². The van der Waals surface area contributed by atoms with Gasteiger partial charge in [-0.1, -0.05) is 55.3 Å². The number of amides is 3. The lowest BCUT2D eigenvalue weighted by atomic mass is 9.99. The third kappa shape index (κ3) is 5.49. The second kappa shape index (κ2) is 11.8. The molecule has 0 unspecified atom stereocenters. The van der Waals surface area contributed by atoms with Gasteiger partial charge in [-0.15, -0.1) is 0 Å². The van der Waals surface area contributed by atoms with Gasteiger partial charge in [0.2, 0.25) is 0 Å². The van der Waals surface area contributed by atoms with Gasteiger partial charge < -0.3 is 15.0 Å². The molecule has 3 amide bonds. The van der Waals surface area contributed by atoms with Gasteiger partial charge in [-0.25, -0.2) is 9.69 Å². The summed E-state index contributed by atoms with van der Waals surface area (Å²) in [4.78, 5) is 54.3. The Kier molecular flexibility index (Phi) is 7.98. The van der Waals surface area contributed by atoms with Crippen molar-refractivity contribution in [3.63, 3.8) is 0 Å². The van der Waals surface area contributed by atoms with E-state index in [2.05, 4.69) is 11.4 Å². The topological polar surface area (TPSA) is 96.0 Å². The van der Waals surface area contributed by atoms with Gasteiger partial charge >= 0.3 is 5.97 Å². The average molecular weight is 558 g/mol. The maximum Gasteiger partial charge on any atom is 0.338 e. The molecule has 2 aliphatic heterocycles. The number of halogens is 1. The van der Waals surface area contributed by atoms with Gasteiger partial charge in [0.05, 0.1) is 17.9 Å². The number of nitrogens with zero attached hydrogens (tertiary/aromatic N) is 2. The number of anilines is 2. The quantitative estimate of drug-likeness (QED) is 0.230. The van der Waals surface area contributed by atoms with E-state index in [1.54, 1.807) is 42.5 Å². The molecule has 0 fully saturated rings. The van der Waals surface area contributed by atoms with E-state index in [0.717, 1.165) is 29.7 Å². The van der Waals surface area contributed by atoms with Crippen LogP contribution in [-0.4, -0.2) is 41.7 Å². The van der Waals surface area contributed by atoms with Crippen molar-refractivity contribution < 1.29 is 23.9 Å². The van der Waals surface area contributed by atoms with Crippen LogP contribution in [-0.2, 0) is 27.3 Å². The lowest BCUT2D eigenvalue weighted by Crippen LogP contribution is -2.35. The van der Waals surface area contributed by atoms with Gasteiger partial charge in [0.15, 0.2) is 0 Å². The predicted octanol–water partition coefficient (Wildman–Crippen LogP) is 5.28. The molecule has 40 heavy (non-hydrogen) atoms. The summed E-state index contributed by atoms with van der Waals surface area (Å²) in [6, 6.07) is 20.9. The molecule has 0 aromatic heterocycles. The summed E-state index contributed by atoms with van der Waals surface area (Å²) < 4.78 is 5.24. The first-order chi connectivity index (χ1) is 19.4. The maximum absolute atomic E-state index is 13.2. The number of imide groups is 1. The molecule has 5 rings (SSSR count). The SMILES string of the molecule is CCCCOC(=O)c1cccc(N2C(=O)C(Cl)=C(Nc3ccc(C(=O)N4CCc5ccccc5C4)cc3)C2=O)c1. The first kappa shape index (κ1) is 27.1. The molecule has 0 bridgehead atoms. The Labute approximate surface area is 237 Å². The number of rotatable bonds is 8. The molecule has 0 saturated heterocycles. The van der Waals surface area contributed by atoms with E-state index in [1.165, 1.54) is 11.6 Å². The second-order valence-corrected chi connectivity index (χ2v) is 10.0. The third-order valence-corrected chi connectivity index (χ3v) is 7.27. The standard InChI is InChI=1S/C31H28ClN3O5/c1-2-3-17-40-31(39)22-9-6-10-25(18-22)35-29(37)26(32)27(30(35)38)33-24-13-11-21(12-14-24)28(36)34-16-15-20-7-4-5-8-23(20)19-34/h4-14,18,33H,2-3,15-17,19H2,1H3. The molecule has 0 aliphatic carbocycles. The van der Waals surface area contributed by atoms with Gasteiger partial charge in [-0.2, -0.15) is 0 Å². The van der Waals surface area contributed by atoms with E-state index in [9.17, 15) is 19.2 Å². The van der Waals surface area contributed by atoms with E-state index in [4.69, 9.17) is 16.3 Å². The van der Waals surface area contributed by atoms with Crippen LogP contribution in [0.4, 0.5) is 11.4 Å². The van der Waals surface area contributed by atoms with E-state index >= 15 is 0 Å². The molecular weight excluding hydrogens is 530 g/mol. The van der Waals surface area contributed by atoms with E-state index in [0.29, 0.717) is 30.9 Å². The molecule has 0 radical (unpaired) electrons. The van der Waals surface area contributed by atoms with Crippen molar-refractivity contribution in [2.24, 2.45) is 0 Å². The summed E-state index contributed by atoms with van der Waals surface area (Å²) in [6.45, 7) is 3.48. The zero-order valence-corrected chi connectivity index (χ0v) is 22.7. The first-order valence-corrected chi connectivity index (χ1v) is 13.5. The van der Waals surface area contributed by atoms with Crippen molar-refractivity contribution in [1.29, 1.82) is 0 Å². The minimum absolute atomic E-state index is 0.0790. The highest BCUT2D eigenvalue weighted by atomic mass is 35.5. The third-order valence-electron chi connectivity index (χ3n) is 6.92. The molecular formula is C31H28ClN3O5. The lowest BCUT2D eigenvalue weighted by Gasteiger charge is -2.29. The second-order valence-electron chi connectivity index (χ2n) is 9.62. The average Bonchev–Trinajstić information content (AvgIpc) is 3.19. The molecule has 204 valence electrons. The Morgan fingerprint density at radius 2 is 1.68 bits per heavy atom. The van der Waals surface area contributed by atoms with Gasteiger partial charge in [0, 0.05) is 24.3 Å². The minimum Gasteiger partial charge on any atom is -0.462 e. The molecule has 2 aliphatic rings. The molecule has 2 heterocycles. The summed E-state index contributed by atoms with van der Waals surface area (Å²) in [5.41, 5.74) is 3.76. The molecule has 0 atom stereocenters. The van der Waals surface area contributed by atoms with E-state index < -0.39 is 17.8 Å². The number of carbonyl (C=O) groups is 4. The van der Waals surface area contributed by atoms with Crippen LogP contribution in [0, 0.1) is 0 Å². The van der Waals surface area contributed by atoms with Gasteiger partial charge in [-0.05, 0) is 66.4 Å². The first-order valence-electron chi connectivity index (χ1n) is 13.2. The molecule has 9 heteroatoms. The molecule has 3 aromatic rings. The van der Waals surface area contributed by atoms with Crippen LogP contribution in [0.25, 0.3) is 0 Å². The van der Waals surface area contributed by atoms with Crippen molar-refractivity contribution >= 4 is 46.7 Å². The van der Waals surface area contributed by atoms with E-state index in [1.807, 2.05) is 30.0 Å². The van der Waals surface area contributed by atoms with Crippen LogP contribution >= 0.6 is 11.6 Å². The van der Waals surface area contributed by atoms with E-state index in [-0.39, 0.29) is 27.9 Å². The number of hydrogen-bond donors (Lipinski definition) is 1. The van der Waals surface area contributed by atoms with Crippen molar-refractivity contribution in [2.75, 3.05) is 23.4 Å². The summed E-state index contributed by atoms with van der Waals surface area (Å²) in [6.07, 6.45) is 2.44. The van der Waals surface area contributed by atoms with Crippen LogP contribution in [0.5, 0.6) is 0 Å². The Morgan fingerprint density at radius 1 is 0.925 bits per heavy atom. The van der Waals surface area contributed by atoms with Crippen LogP contribution < -0.4 is 10.2 Å². The van der Waals surface area contributed by atoms with Crippen molar-refractivity contribution in [2.45, 2.75) is 32.7 Å². The largest absolute Gasteiger partial charge is 0.462 e. The summed E-state index contributed by atoms with van der Waals surface area (Å²) >= 11 is 6.28. The normalized spacial score (nSPS) is 14.8. The van der Waals surface area contributed by atoms with Crippen molar-refractivity contribution in [3.05, 3.63) is 106 Å². The fraction of sp³-hybridized carbons (Fsp3) is 0.226. The number of carbonyl (C=O) groups excluding carboxylic acids is 4. The molecule has 1 N–H and O–H groups in total. The fourth-order valence-corrected chi connectivity index (χ4v) is 4.92. The smallest absolute Gasteiger partial charge is 0.338 e. The predicted molar refractivity (Wildman–Crippen MR) is 152 cm³/mol. The number of benzene rings is 3. The number of unbranched alkanes of at least 4 members (excludes halogenated alkanes) is 1. The Hall–Kier alpha value is -4.43. The Balaban J connectivity index is 1.26. The summed E-state index contributed by atoms with van der Waals surface area (Å²) in [7, 11) is 0. The zero-order chi connectivity index (χ0) is 28.2. The summed E-state index contributed by atoms with van der Waals surface area (Å²) in [5, 5.41) is 2.65. The number of fused-ring (bicyclic) bond motifs is 1. The highest BCUT2D eigenvalue weighted by molar-refractivity contribution is 6.53. The molecule has 3 aromatic carbocycles. The number of nitrogens with one attached hydrogen (secondary N) is 1. The minimum atomic E-state index is -0.706. The monoisotopic (exact) mass is 557 g/mol. The van der Waals surface area contributed by atoms with Crippen molar-refractivity contribution in [1.82, 2.24) is 4.90 Å². The van der Waals surface area contributed by atoms with Crippen LogP contribution in [0.3, 0.4) is 0 Å². The number of esters is 1. The fourth-order valence-electron chi connectivity index (χ4n) is 4.70. The highest BCUT2D eigenvalue weighted by Gasteiger charge is 2.39. The van der Waals surface area contributed by atoms with Crippen LogP contribution in [0.1, 0.15) is 51.6 Å². The van der Waals surface area contributed by atoms with Crippen LogP contribution in [0.2, 0.25) is 0 Å². The molecule has 0 saturated carbocycles. The highest BCUT2D eigenvalue weighted by Crippen LogP contribution is 2.31. The number of ether oxygens (including phenoxy) is 1. The molecule has 8 nitrogen and oxygen atoms in total. The van der Waals surface area contributed by atoms with Crippen molar-refractivity contribution in [3.8, 4) is 0 Å². The number of hydrogen-bond acceptors (Lipinski definition) is 6. The molecule has 0 spiro atoms. The zero-order valence-electron chi connectivity index (χ0n) is 22.0.